The number of hydrogen-bond donors (Lipinski definition) is 1. The maximum Gasteiger partial charge on any atom is 0.0195 e. The highest BCUT2D eigenvalue weighted by atomic mass is 15.2. The second-order valence-corrected chi connectivity index (χ2v) is 5.58. The SMILES string of the molecule is C=C(C)CCN(CC1CCCCN1)C1CC1. The van der Waals surface area contributed by atoms with E-state index in [0.29, 0.717) is 0 Å². The third-order valence-electron chi connectivity index (χ3n) is 3.76. The van der Waals surface area contributed by atoms with E-state index in [4.69, 9.17) is 0 Å². The van der Waals surface area contributed by atoms with Crippen LogP contribution < -0.4 is 5.32 Å². The molecule has 1 heterocycles. The highest BCUT2D eigenvalue weighted by Gasteiger charge is 2.30. The van der Waals surface area contributed by atoms with Gasteiger partial charge in [0, 0.05) is 25.2 Å². The first-order chi connectivity index (χ1) is 7.75. The van der Waals surface area contributed by atoms with Gasteiger partial charge in [0.2, 0.25) is 0 Å². The van der Waals surface area contributed by atoms with Crippen LogP contribution in [0.1, 0.15) is 45.4 Å². The summed E-state index contributed by atoms with van der Waals surface area (Å²) in [5, 5.41) is 3.66. The first-order valence-corrected chi connectivity index (χ1v) is 6.87. The summed E-state index contributed by atoms with van der Waals surface area (Å²) in [5.41, 5.74) is 1.32. The van der Waals surface area contributed by atoms with Gasteiger partial charge in [0.05, 0.1) is 0 Å². The van der Waals surface area contributed by atoms with Crippen molar-refractivity contribution in [1.82, 2.24) is 10.2 Å². The second kappa shape index (κ2) is 5.83. The lowest BCUT2D eigenvalue weighted by atomic mass is 10.0. The molecule has 0 amide bonds. The van der Waals surface area contributed by atoms with Gasteiger partial charge in [-0.15, -0.1) is 6.58 Å². The minimum Gasteiger partial charge on any atom is -0.313 e. The molecule has 1 aliphatic carbocycles. The van der Waals surface area contributed by atoms with Crippen molar-refractivity contribution < 1.29 is 0 Å². The average molecular weight is 222 g/mol. The van der Waals surface area contributed by atoms with Gasteiger partial charge in [-0.2, -0.15) is 0 Å². The molecule has 1 saturated carbocycles. The summed E-state index contributed by atoms with van der Waals surface area (Å²) in [6.45, 7) is 9.86. The number of hydrogen-bond acceptors (Lipinski definition) is 2. The van der Waals surface area contributed by atoms with Crippen LogP contribution in [0.15, 0.2) is 12.2 Å². The van der Waals surface area contributed by atoms with Crippen molar-refractivity contribution in [2.75, 3.05) is 19.6 Å². The number of piperidine rings is 1. The van der Waals surface area contributed by atoms with Crippen molar-refractivity contribution in [3.63, 3.8) is 0 Å². The molecular formula is C14H26N2. The van der Waals surface area contributed by atoms with Crippen molar-refractivity contribution in [2.45, 2.75) is 57.5 Å². The molecule has 92 valence electrons. The van der Waals surface area contributed by atoms with Crippen molar-refractivity contribution in [3.05, 3.63) is 12.2 Å². The summed E-state index contributed by atoms with van der Waals surface area (Å²) in [6, 6.07) is 1.64. The molecule has 2 aliphatic rings. The van der Waals surface area contributed by atoms with Gasteiger partial charge in [0.1, 0.15) is 0 Å². The lowest BCUT2D eigenvalue weighted by Gasteiger charge is -2.30. The maximum absolute atomic E-state index is 4.01. The third kappa shape index (κ3) is 3.91. The number of nitrogens with one attached hydrogen (secondary N) is 1. The Kier molecular flexibility index (Phi) is 4.42. The van der Waals surface area contributed by atoms with Crippen molar-refractivity contribution >= 4 is 0 Å². The molecule has 2 fully saturated rings. The van der Waals surface area contributed by atoms with Crippen LogP contribution in [-0.4, -0.2) is 36.6 Å². The standard InChI is InChI=1S/C14H26N2/c1-12(2)8-10-16(14-6-7-14)11-13-5-3-4-9-15-13/h13-15H,1,3-11H2,2H3. The minimum absolute atomic E-state index is 0.750. The lowest BCUT2D eigenvalue weighted by Crippen LogP contribution is -2.44. The van der Waals surface area contributed by atoms with Crippen LogP contribution >= 0.6 is 0 Å². The second-order valence-electron chi connectivity index (χ2n) is 5.58. The van der Waals surface area contributed by atoms with Gasteiger partial charge in [0.25, 0.3) is 0 Å². The molecule has 1 saturated heterocycles. The largest absolute Gasteiger partial charge is 0.313 e. The van der Waals surface area contributed by atoms with Gasteiger partial charge < -0.3 is 5.32 Å². The zero-order chi connectivity index (χ0) is 11.4. The fourth-order valence-electron chi connectivity index (χ4n) is 2.56. The first kappa shape index (κ1) is 12.1. The van der Waals surface area contributed by atoms with Crippen molar-refractivity contribution in [2.24, 2.45) is 0 Å². The van der Waals surface area contributed by atoms with Crippen LogP contribution in [0.3, 0.4) is 0 Å². The Labute approximate surface area is 100 Å². The van der Waals surface area contributed by atoms with E-state index in [-0.39, 0.29) is 0 Å². The highest BCUT2D eigenvalue weighted by Crippen LogP contribution is 2.28. The van der Waals surface area contributed by atoms with E-state index >= 15 is 0 Å². The van der Waals surface area contributed by atoms with Gasteiger partial charge in [-0.1, -0.05) is 12.0 Å². The Morgan fingerprint density at radius 3 is 2.69 bits per heavy atom. The average Bonchev–Trinajstić information content (AvgIpc) is 3.09. The molecule has 1 unspecified atom stereocenters. The molecule has 1 N–H and O–H groups in total. The summed E-state index contributed by atoms with van der Waals surface area (Å²) < 4.78 is 0. The van der Waals surface area contributed by atoms with Gasteiger partial charge in [-0.05, 0) is 45.6 Å². The van der Waals surface area contributed by atoms with Crippen LogP contribution in [0.25, 0.3) is 0 Å². The van der Waals surface area contributed by atoms with E-state index in [1.54, 1.807) is 0 Å². The highest BCUT2D eigenvalue weighted by molar-refractivity contribution is 4.93. The molecule has 0 spiro atoms. The van der Waals surface area contributed by atoms with Crippen LogP contribution in [0.4, 0.5) is 0 Å². The van der Waals surface area contributed by atoms with Gasteiger partial charge in [-0.25, -0.2) is 0 Å². The summed E-state index contributed by atoms with van der Waals surface area (Å²) >= 11 is 0. The monoisotopic (exact) mass is 222 g/mol. The molecule has 2 nitrogen and oxygen atoms in total. The Bertz CT molecular complexity index is 227. The fraction of sp³-hybridized carbons (Fsp3) is 0.857. The van der Waals surface area contributed by atoms with Gasteiger partial charge in [-0.3, -0.25) is 4.90 Å². The smallest absolute Gasteiger partial charge is 0.0195 e. The summed E-state index contributed by atoms with van der Waals surface area (Å²) in [7, 11) is 0. The van der Waals surface area contributed by atoms with Gasteiger partial charge in [0.15, 0.2) is 0 Å². The van der Waals surface area contributed by atoms with Crippen molar-refractivity contribution in [1.29, 1.82) is 0 Å². The molecule has 16 heavy (non-hydrogen) atoms. The lowest BCUT2D eigenvalue weighted by molar-refractivity contribution is 0.217. The molecular weight excluding hydrogens is 196 g/mol. The molecule has 0 radical (unpaired) electrons. The van der Waals surface area contributed by atoms with E-state index in [1.807, 2.05) is 0 Å². The molecule has 0 bridgehead atoms. The predicted molar refractivity (Wildman–Crippen MR) is 69.7 cm³/mol. The maximum atomic E-state index is 4.01. The predicted octanol–water partition coefficient (Wildman–Crippen LogP) is 2.56. The topological polar surface area (TPSA) is 15.3 Å². The first-order valence-electron chi connectivity index (χ1n) is 6.87. The molecule has 0 aromatic carbocycles. The number of rotatable bonds is 6. The molecule has 0 aromatic heterocycles. The molecule has 2 heteroatoms. The molecule has 2 rings (SSSR count). The Hall–Kier alpha value is -0.340. The fourth-order valence-corrected chi connectivity index (χ4v) is 2.56. The Balaban J connectivity index is 1.75. The normalized spacial score (nSPS) is 26.0. The van der Waals surface area contributed by atoms with E-state index in [0.717, 1.165) is 12.1 Å². The zero-order valence-electron chi connectivity index (χ0n) is 10.7. The van der Waals surface area contributed by atoms with Gasteiger partial charge >= 0.3 is 0 Å². The van der Waals surface area contributed by atoms with Crippen LogP contribution in [0.2, 0.25) is 0 Å². The summed E-state index contributed by atoms with van der Waals surface area (Å²) in [4.78, 5) is 2.69. The molecule has 1 aliphatic heterocycles. The molecule has 1 atom stereocenters. The Morgan fingerprint density at radius 2 is 2.12 bits per heavy atom. The van der Waals surface area contributed by atoms with Crippen LogP contribution in [0.5, 0.6) is 0 Å². The van der Waals surface area contributed by atoms with E-state index in [9.17, 15) is 0 Å². The van der Waals surface area contributed by atoms with Crippen LogP contribution in [-0.2, 0) is 0 Å². The summed E-state index contributed by atoms with van der Waals surface area (Å²) in [5.74, 6) is 0. The number of nitrogens with zero attached hydrogens (tertiary/aromatic N) is 1. The van der Waals surface area contributed by atoms with E-state index in [1.165, 1.54) is 63.7 Å². The van der Waals surface area contributed by atoms with Crippen LogP contribution in [0, 0.1) is 0 Å². The van der Waals surface area contributed by atoms with E-state index in [2.05, 4.69) is 23.7 Å². The quantitative estimate of drug-likeness (QED) is 0.695. The Morgan fingerprint density at radius 1 is 1.31 bits per heavy atom. The van der Waals surface area contributed by atoms with Crippen molar-refractivity contribution in [3.8, 4) is 0 Å². The third-order valence-corrected chi connectivity index (χ3v) is 3.76. The van der Waals surface area contributed by atoms with E-state index < -0.39 is 0 Å². The minimum atomic E-state index is 0.750. The molecule has 0 aromatic rings. The summed E-state index contributed by atoms with van der Waals surface area (Å²) in [6.07, 6.45) is 8.16. The zero-order valence-corrected chi connectivity index (χ0v) is 10.7.